The third kappa shape index (κ3) is 4.66. The highest BCUT2D eigenvalue weighted by atomic mass is 32.2. The Kier molecular flexibility index (Phi) is 5.76. The van der Waals surface area contributed by atoms with Crippen molar-refractivity contribution in [2.75, 3.05) is 12.4 Å². The van der Waals surface area contributed by atoms with Gasteiger partial charge in [-0.3, -0.25) is 9.36 Å². The van der Waals surface area contributed by atoms with E-state index in [0.29, 0.717) is 17.0 Å². The van der Waals surface area contributed by atoms with E-state index in [1.807, 2.05) is 0 Å². The fourth-order valence-corrected chi connectivity index (χ4v) is 4.05. The lowest BCUT2D eigenvalue weighted by Gasteiger charge is -2.09. The third-order valence-corrected chi connectivity index (χ3v) is 5.65. The number of rotatable bonds is 7. The summed E-state index contributed by atoms with van der Waals surface area (Å²) in [5.74, 6) is -0.620. The van der Waals surface area contributed by atoms with Crippen molar-refractivity contribution >= 4 is 32.7 Å². The van der Waals surface area contributed by atoms with Crippen LogP contribution in [-0.2, 0) is 21.4 Å². The van der Waals surface area contributed by atoms with Crippen LogP contribution < -0.4 is 20.5 Å². The van der Waals surface area contributed by atoms with Crippen molar-refractivity contribution in [1.82, 2.24) is 9.29 Å². The van der Waals surface area contributed by atoms with Gasteiger partial charge in [0.15, 0.2) is 5.58 Å². The second-order valence-corrected chi connectivity index (χ2v) is 8.35. The maximum atomic E-state index is 12.4. The number of carbonyl (C=O) groups excluding carboxylic acids is 1. The number of benzene rings is 2. The minimum absolute atomic E-state index is 0.0274. The van der Waals surface area contributed by atoms with E-state index in [-0.39, 0.29) is 23.1 Å². The highest BCUT2D eigenvalue weighted by Gasteiger charge is 2.19. The zero-order chi connectivity index (χ0) is 21.2. The fraction of sp³-hybridized carbons (Fsp3) is 0.263. The topological polar surface area (TPSA) is 120 Å². The van der Waals surface area contributed by atoms with Crippen LogP contribution in [0.4, 0.5) is 5.69 Å². The molecule has 9 nitrogen and oxygen atoms in total. The number of aromatic nitrogens is 1. The van der Waals surface area contributed by atoms with Gasteiger partial charge in [-0.2, -0.15) is 0 Å². The number of anilines is 1. The third-order valence-electron chi connectivity index (χ3n) is 4.00. The molecule has 3 rings (SSSR count). The fourth-order valence-electron chi connectivity index (χ4n) is 2.79. The SMILES string of the molecule is COc1cccc(NC(=O)Cn2c(=O)oc3cc(S(=O)(=O)NC(C)C)ccc32)c1. The molecule has 0 saturated heterocycles. The van der Waals surface area contributed by atoms with Crippen LogP contribution in [0.1, 0.15) is 13.8 Å². The van der Waals surface area contributed by atoms with Gasteiger partial charge in [-0.15, -0.1) is 0 Å². The Morgan fingerprint density at radius 1 is 1.21 bits per heavy atom. The van der Waals surface area contributed by atoms with E-state index in [1.165, 1.54) is 25.3 Å². The average molecular weight is 419 g/mol. The Labute approximate surface area is 167 Å². The van der Waals surface area contributed by atoms with Crippen LogP contribution in [0, 0.1) is 0 Å². The van der Waals surface area contributed by atoms with Crippen molar-refractivity contribution in [3.8, 4) is 5.75 Å². The molecular weight excluding hydrogens is 398 g/mol. The number of sulfonamides is 1. The molecular formula is C19H21N3O6S. The molecule has 0 atom stereocenters. The van der Waals surface area contributed by atoms with Crippen molar-refractivity contribution in [3.63, 3.8) is 0 Å². The quantitative estimate of drug-likeness (QED) is 0.604. The van der Waals surface area contributed by atoms with Gasteiger partial charge in [0, 0.05) is 23.9 Å². The second-order valence-electron chi connectivity index (χ2n) is 6.64. The number of oxazole rings is 1. The molecule has 0 unspecified atom stereocenters. The number of hydrogen-bond acceptors (Lipinski definition) is 6. The van der Waals surface area contributed by atoms with Gasteiger partial charge in [0.1, 0.15) is 12.3 Å². The van der Waals surface area contributed by atoms with E-state index in [0.717, 1.165) is 4.57 Å². The first kappa shape index (κ1) is 20.6. The number of fused-ring (bicyclic) bond motifs is 1. The highest BCUT2D eigenvalue weighted by molar-refractivity contribution is 7.89. The summed E-state index contributed by atoms with van der Waals surface area (Å²) in [5, 5.41) is 2.68. The zero-order valence-electron chi connectivity index (χ0n) is 16.1. The van der Waals surface area contributed by atoms with Crippen LogP contribution in [0.2, 0.25) is 0 Å². The number of carbonyl (C=O) groups is 1. The predicted molar refractivity (Wildman–Crippen MR) is 108 cm³/mol. The van der Waals surface area contributed by atoms with E-state index >= 15 is 0 Å². The number of methoxy groups -OCH3 is 1. The maximum Gasteiger partial charge on any atom is 0.420 e. The van der Waals surface area contributed by atoms with Crippen molar-refractivity contribution in [3.05, 3.63) is 53.0 Å². The number of nitrogens with one attached hydrogen (secondary N) is 2. The summed E-state index contributed by atoms with van der Waals surface area (Å²) in [6, 6.07) is 10.6. The molecule has 0 aliphatic rings. The molecule has 1 heterocycles. The van der Waals surface area contributed by atoms with Crippen LogP contribution in [0.15, 0.2) is 56.6 Å². The molecule has 0 saturated carbocycles. The van der Waals surface area contributed by atoms with Gasteiger partial charge < -0.3 is 14.5 Å². The number of amides is 1. The molecule has 154 valence electrons. The molecule has 0 radical (unpaired) electrons. The van der Waals surface area contributed by atoms with E-state index in [2.05, 4.69) is 10.0 Å². The molecule has 0 spiro atoms. The van der Waals surface area contributed by atoms with Gasteiger partial charge in [0.05, 0.1) is 17.5 Å². The molecule has 1 amide bonds. The Hall–Kier alpha value is -3.11. The van der Waals surface area contributed by atoms with Crippen LogP contribution in [0.3, 0.4) is 0 Å². The van der Waals surface area contributed by atoms with Gasteiger partial charge >= 0.3 is 5.76 Å². The summed E-state index contributed by atoms with van der Waals surface area (Å²) in [6.07, 6.45) is 0. The Morgan fingerprint density at radius 2 is 1.97 bits per heavy atom. The Morgan fingerprint density at radius 3 is 2.66 bits per heavy atom. The van der Waals surface area contributed by atoms with E-state index in [1.54, 1.807) is 38.1 Å². The first-order valence-corrected chi connectivity index (χ1v) is 10.3. The number of hydrogen-bond donors (Lipinski definition) is 2. The van der Waals surface area contributed by atoms with Crippen LogP contribution in [0.5, 0.6) is 5.75 Å². The maximum absolute atomic E-state index is 12.4. The normalized spacial score (nSPS) is 11.7. The zero-order valence-corrected chi connectivity index (χ0v) is 16.9. The molecule has 0 aliphatic carbocycles. The molecule has 2 N–H and O–H groups in total. The minimum Gasteiger partial charge on any atom is -0.497 e. The van der Waals surface area contributed by atoms with Crippen molar-refractivity contribution < 1.29 is 22.4 Å². The van der Waals surface area contributed by atoms with Crippen LogP contribution >= 0.6 is 0 Å². The second kappa shape index (κ2) is 8.10. The molecule has 0 fully saturated rings. The van der Waals surface area contributed by atoms with Crippen LogP contribution in [-0.4, -0.2) is 32.0 Å². The smallest absolute Gasteiger partial charge is 0.420 e. The lowest BCUT2D eigenvalue weighted by molar-refractivity contribution is -0.116. The number of ether oxygens (including phenoxy) is 1. The van der Waals surface area contributed by atoms with Gasteiger partial charge in [-0.05, 0) is 38.1 Å². The lowest BCUT2D eigenvalue weighted by Crippen LogP contribution is -2.30. The standard InChI is InChI=1S/C19H21N3O6S/c1-12(2)21-29(25,26)15-7-8-16-17(10-15)28-19(24)22(16)11-18(23)20-13-5-4-6-14(9-13)27-3/h4-10,12,21H,11H2,1-3H3,(H,20,23). The van der Waals surface area contributed by atoms with Gasteiger partial charge in [-0.25, -0.2) is 17.9 Å². The highest BCUT2D eigenvalue weighted by Crippen LogP contribution is 2.20. The van der Waals surface area contributed by atoms with Gasteiger partial charge in [0.25, 0.3) is 0 Å². The Bertz CT molecular complexity index is 1210. The molecule has 0 bridgehead atoms. The molecule has 10 heteroatoms. The lowest BCUT2D eigenvalue weighted by atomic mass is 10.3. The van der Waals surface area contributed by atoms with Crippen molar-refractivity contribution in [2.24, 2.45) is 0 Å². The summed E-state index contributed by atoms with van der Waals surface area (Å²) >= 11 is 0. The Balaban J connectivity index is 1.85. The summed E-state index contributed by atoms with van der Waals surface area (Å²) in [4.78, 5) is 24.5. The van der Waals surface area contributed by atoms with Gasteiger partial charge in [-0.1, -0.05) is 6.07 Å². The summed E-state index contributed by atoms with van der Waals surface area (Å²) < 4.78 is 38.4. The van der Waals surface area contributed by atoms with E-state index < -0.39 is 21.7 Å². The first-order chi connectivity index (χ1) is 13.7. The molecule has 2 aromatic carbocycles. The van der Waals surface area contributed by atoms with Crippen molar-refractivity contribution in [2.45, 2.75) is 31.3 Å². The number of nitrogens with zero attached hydrogens (tertiary/aromatic N) is 1. The largest absolute Gasteiger partial charge is 0.497 e. The monoisotopic (exact) mass is 419 g/mol. The average Bonchev–Trinajstić information content (AvgIpc) is 2.95. The van der Waals surface area contributed by atoms with Gasteiger partial charge in [0.2, 0.25) is 15.9 Å². The minimum atomic E-state index is -3.74. The van der Waals surface area contributed by atoms with E-state index in [9.17, 15) is 18.0 Å². The summed E-state index contributed by atoms with van der Waals surface area (Å²) in [7, 11) is -2.22. The van der Waals surface area contributed by atoms with Crippen LogP contribution in [0.25, 0.3) is 11.1 Å². The summed E-state index contributed by atoms with van der Waals surface area (Å²) in [5.41, 5.74) is 0.915. The molecule has 3 aromatic rings. The summed E-state index contributed by atoms with van der Waals surface area (Å²) in [6.45, 7) is 3.11. The molecule has 0 aliphatic heterocycles. The van der Waals surface area contributed by atoms with Crippen molar-refractivity contribution in [1.29, 1.82) is 0 Å². The molecule has 29 heavy (non-hydrogen) atoms. The van der Waals surface area contributed by atoms with E-state index in [4.69, 9.17) is 9.15 Å². The first-order valence-electron chi connectivity index (χ1n) is 8.79. The molecule has 1 aromatic heterocycles. The predicted octanol–water partition coefficient (Wildman–Crippen LogP) is 1.93.